The molecule has 4 heteroatoms. The van der Waals surface area contributed by atoms with Crippen LogP contribution in [-0.4, -0.2) is 10.1 Å². The Morgan fingerprint density at radius 2 is 1.81 bits per heavy atom. The Hall–Kier alpha value is -2.33. The van der Waals surface area contributed by atoms with Gasteiger partial charge in [0.2, 0.25) is 0 Å². The zero-order chi connectivity index (χ0) is 14.8. The Bertz CT molecular complexity index is 789. The molecule has 0 saturated carbocycles. The minimum Gasteiger partial charge on any atom is -0.386 e. The van der Waals surface area contributed by atoms with Crippen molar-refractivity contribution in [2.75, 3.05) is 0 Å². The van der Waals surface area contributed by atoms with Crippen molar-refractivity contribution in [1.82, 2.24) is 4.98 Å². The van der Waals surface area contributed by atoms with Crippen LogP contribution in [0.5, 0.6) is 0 Å². The summed E-state index contributed by atoms with van der Waals surface area (Å²) in [5.74, 6) is -1.05. The van der Waals surface area contributed by atoms with Crippen LogP contribution < -0.4 is 0 Å². The van der Waals surface area contributed by atoms with Gasteiger partial charge in [-0.3, -0.25) is 4.98 Å². The monoisotopic (exact) mass is 285 g/mol. The number of halogens is 2. The molecule has 1 heterocycles. The predicted octanol–water partition coefficient (Wildman–Crippen LogP) is 3.79. The molecular formula is C17H13F2NO. The SMILES string of the molecule is OC(Cc1cc(F)ccc1F)c1ccc2ccccc2n1. The molecule has 0 radical (unpaired) electrons. The first-order chi connectivity index (χ1) is 10.1. The molecule has 2 nitrogen and oxygen atoms in total. The van der Waals surface area contributed by atoms with E-state index in [0.717, 1.165) is 29.1 Å². The van der Waals surface area contributed by atoms with E-state index in [-0.39, 0.29) is 12.0 Å². The van der Waals surface area contributed by atoms with Gasteiger partial charge in [0.25, 0.3) is 0 Å². The summed E-state index contributed by atoms with van der Waals surface area (Å²) in [7, 11) is 0. The maximum absolute atomic E-state index is 13.6. The van der Waals surface area contributed by atoms with E-state index in [2.05, 4.69) is 4.98 Å². The van der Waals surface area contributed by atoms with Crippen LogP contribution in [0.3, 0.4) is 0 Å². The summed E-state index contributed by atoms with van der Waals surface area (Å²) in [6, 6.07) is 14.3. The van der Waals surface area contributed by atoms with Gasteiger partial charge < -0.3 is 5.11 Å². The summed E-state index contributed by atoms with van der Waals surface area (Å²) >= 11 is 0. The van der Waals surface area contributed by atoms with Crippen molar-refractivity contribution < 1.29 is 13.9 Å². The third-order valence-corrected chi connectivity index (χ3v) is 3.38. The topological polar surface area (TPSA) is 33.1 Å². The third-order valence-electron chi connectivity index (χ3n) is 3.38. The van der Waals surface area contributed by atoms with Crippen molar-refractivity contribution in [3.63, 3.8) is 0 Å². The van der Waals surface area contributed by atoms with Crippen LogP contribution in [0.25, 0.3) is 10.9 Å². The predicted molar refractivity (Wildman–Crippen MR) is 76.8 cm³/mol. The zero-order valence-corrected chi connectivity index (χ0v) is 11.1. The first kappa shape index (κ1) is 13.6. The molecule has 0 fully saturated rings. The van der Waals surface area contributed by atoms with E-state index in [1.807, 2.05) is 30.3 Å². The molecule has 21 heavy (non-hydrogen) atoms. The smallest absolute Gasteiger partial charge is 0.126 e. The van der Waals surface area contributed by atoms with E-state index in [9.17, 15) is 13.9 Å². The van der Waals surface area contributed by atoms with Crippen LogP contribution in [0, 0.1) is 11.6 Å². The second-order valence-corrected chi connectivity index (χ2v) is 4.88. The number of hydrogen-bond donors (Lipinski definition) is 1. The number of nitrogens with zero attached hydrogens (tertiary/aromatic N) is 1. The third kappa shape index (κ3) is 2.90. The van der Waals surface area contributed by atoms with E-state index in [1.54, 1.807) is 6.07 Å². The number of hydrogen-bond acceptors (Lipinski definition) is 2. The van der Waals surface area contributed by atoms with Gasteiger partial charge in [0.05, 0.1) is 11.2 Å². The van der Waals surface area contributed by atoms with E-state index < -0.39 is 17.7 Å². The number of benzene rings is 2. The summed E-state index contributed by atoms with van der Waals surface area (Å²) < 4.78 is 26.7. The molecule has 0 spiro atoms. The fraction of sp³-hybridized carbons (Fsp3) is 0.118. The number of fused-ring (bicyclic) bond motifs is 1. The Morgan fingerprint density at radius 1 is 1.00 bits per heavy atom. The molecule has 0 aliphatic carbocycles. The van der Waals surface area contributed by atoms with Crippen LogP contribution in [0.4, 0.5) is 8.78 Å². The normalized spacial score (nSPS) is 12.5. The van der Waals surface area contributed by atoms with Crippen molar-refractivity contribution in [2.45, 2.75) is 12.5 Å². The maximum Gasteiger partial charge on any atom is 0.126 e. The summed E-state index contributed by atoms with van der Waals surface area (Å²) in [4.78, 5) is 4.36. The molecule has 0 saturated heterocycles. The molecule has 3 aromatic rings. The average Bonchev–Trinajstić information content (AvgIpc) is 2.50. The van der Waals surface area contributed by atoms with E-state index in [4.69, 9.17) is 0 Å². The summed E-state index contributed by atoms with van der Waals surface area (Å²) in [6.45, 7) is 0. The standard InChI is InChI=1S/C17H13F2NO/c18-13-6-7-14(19)12(9-13)10-17(21)16-8-5-11-3-1-2-4-15(11)20-16/h1-9,17,21H,10H2. The molecule has 0 aliphatic heterocycles. The van der Waals surface area contributed by atoms with Crippen LogP contribution in [-0.2, 0) is 6.42 Å². The number of para-hydroxylation sites is 1. The molecule has 2 aromatic carbocycles. The van der Waals surface area contributed by atoms with Crippen LogP contribution in [0.2, 0.25) is 0 Å². The molecule has 0 amide bonds. The molecule has 1 atom stereocenters. The second kappa shape index (κ2) is 5.58. The van der Waals surface area contributed by atoms with Crippen molar-refractivity contribution >= 4 is 10.9 Å². The van der Waals surface area contributed by atoms with Gasteiger partial charge >= 0.3 is 0 Å². The van der Waals surface area contributed by atoms with E-state index in [0.29, 0.717) is 5.69 Å². The molecule has 3 rings (SSSR count). The Morgan fingerprint density at radius 3 is 2.67 bits per heavy atom. The molecule has 1 unspecified atom stereocenters. The van der Waals surface area contributed by atoms with Gasteiger partial charge in [0.1, 0.15) is 17.7 Å². The fourth-order valence-electron chi connectivity index (χ4n) is 2.28. The lowest BCUT2D eigenvalue weighted by molar-refractivity contribution is 0.172. The maximum atomic E-state index is 13.6. The lowest BCUT2D eigenvalue weighted by Gasteiger charge is -2.12. The molecule has 106 valence electrons. The molecular weight excluding hydrogens is 272 g/mol. The molecule has 0 aliphatic rings. The quantitative estimate of drug-likeness (QED) is 0.794. The minimum atomic E-state index is -0.981. The number of aromatic nitrogens is 1. The largest absolute Gasteiger partial charge is 0.386 e. The number of aliphatic hydroxyl groups excluding tert-OH is 1. The summed E-state index contributed by atoms with van der Waals surface area (Å²) in [5.41, 5.74) is 1.34. The highest BCUT2D eigenvalue weighted by Gasteiger charge is 2.14. The van der Waals surface area contributed by atoms with Crippen molar-refractivity contribution in [1.29, 1.82) is 0 Å². The van der Waals surface area contributed by atoms with Crippen LogP contribution in [0.15, 0.2) is 54.6 Å². The Labute approximate surface area is 120 Å². The molecule has 1 aromatic heterocycles. The molecule has 1 N–H and O–H groups in total. The highest BCUT2D eigenvalue weighted by Crippen LogP contribution is 2.21. The number of rotatable bonds is 3. The number of aliphatic hydroxyl groups is 1. The Balaban J connectivity index is 1.89. The number of pyridine rings is 1. The molecule has 0 bridgehead atoms. The summed E-state index contributed by atoms with van der Waals surface area (Å²) in [6.07, 6.45) is -1.000. The van der Waals surface area contributed by atoms with Crippen molar-refractivity contribution in [3.05, 3.63) is 77.5 Å². The first-order valence-electron chi connectivity index (χ1n) is 6.61. The van der Waals surface area contributed by atoms with Gasteiger partial charge in [0, 0.05) is 11.8 Å². The zero-order valence-electron chi connectivity index (χ0n) is 11.1. The minimum absolute atomic E-state index is 0.0189. The van der Waals surface area contributed by atoms with Crippen LogP contribution >= 0.6 is 0 Å². The average molecular weight is 285 g/mol. The highest BCUT2D eigenvalue weighted by atomic mass is 19.1. The lowest BCUT2D eigenvalue weighted by atomic mass is 10.0. The van der Waals surface area contributed by atoms with Gasteiger partial charge in [0.15, 0.2) is 0 Å². The fourth-order valence-corrected chi connectivity index (χ4v) is 2.28. The van der Waals surface area contributed by atoms with Crippen molar-refractivity contribution in [2.24, 2.45) is 0 Å². The van der Waals surface area contributed by atoms with Crippen LogP contribution in [0.1, 0.15) is 17.4 Å². The van der Waals surface area contributed by atoms with Gasteiger partial charge in [-0.1, -0.05) is 24.3 Å². The van der Waals surface area contributed by atoms with Gasteiger partial charge in [-0.2, -0.15) is 0 Å². The summed E-state index contributed by atoms with van der Waals surface area (Å²) in [5, 5.41) is 11.2. The first-order valence-corrected chi connectivity index (χ1v) is 6.61. The van der Waals surface area contributed by atoms with Gasteiger partial charge in [-0.15, -0.1) is 0 Å². The second-order valence-electron chi connectivity index (χ2n) is 4.88. The highest BCUT2D eigenvalue weighted by molar-refractivity contribution is 5.78. The van der Waals surface area contributed by atoms with Gasteiger partial charge in [-0.05, 0) is 35.9 Å². The lowest BCUT2D eigenvalue weighted by Crippen LogP contribution is -2.06. The van der Waals surface area contributed by atoms with Crippen molar-refractivity contribution in [3.8, 4) is 0 Å². The van der Waals surface area contributed by atoms with E-state index in [1.165, 1.54) is 0 Å². The van der Waals surface area contributed by atoms with Gasteiger partial charge in [-0.25, -0.2) is 8.78 Å². The van der Waals surface area contributed by atoms with E-state index >= 15 is 0 Å². The Kier molecular flexibility index (Phi) is 3.62.